The number of halogens is 2. The summed E-state index contributed by atoms with van der Waals surface area (Å²) in [5, 5.41) is 13.2. The minimum atomic E-state index is -0.910. The van der Waals surface area contributed by atoms with Gasteiger partial charge in [-0.1, -0.05) is 96.0 Å². The van der Waals surface area contributed by atoms with E-state index in [1.165, 1.54) is 7.11 Å². The summed E-state index contributed by atoms with van der Waals surface area (Å²) in [7, 11) is 1.28. The zero-order valence-electron chi connectivity index (χ0n) is 22.9. The van der Waals surface area contributed by atoms with Gasteiger partial charge in [-0.05, 0) is 52.1 Å². The number of carbonyl (C=O) groups excluding carboxylic acids is 2. The highest BCUT2D eigenvalue weighted by Gasteiger charge is 2.24. The lowest BCUT2D eigenvalue weighted by Crippen LogP contribution is -2.43. The van der Waals surface area contributed by atoms with Crippen LogP contribution in [0.5, 0.6) is 0 Å². The number of ether oxygens (including phenoxy) is 1. The fourth-order valence-electron chi connectivity index (χ4n) is 4.66. The Kier molecular flexibility index (Phi) is 10.7. The predicted octanol–water partition coefficient (Wildman–Crippen LogP) is 6.26. The van der Waals surface area contributed by atoms with Crippen molar-refractivity contribution in [1.29, 1.82) is 0 Å². The molecule has 9 heteroatoms. The third kappa shape index (κ3) is 8.42. The molecule has 0 aliphatic carbocycles. The average Bonchev–Trinajstić information content (AvgIpc) is 2.98. The Morgan fingerprint density at radius 1 is 0.833 bits per heavy atom. The molecule has 4 rings (SSSR count). The molecule has 0 heterocycles. The molecule has 1 atom stereocenters. The fraction of sp³-hybridized carbons (Fsp3) is 0.182. The Balaban J connectivity index is 1.51. The van der Waals surface area contributed by atoms with Crippen LogP contribution in [-0.2, 0) is 33.8 Å². The van der Waals surface area contributed by atoms with Crippen molar-refractivity contribution in [2.24, 2.45) is 0 Å². The summed E-state index contributed by atoms with van der Waals surface area (Å²) in [5.74, 6) is -1.94. The van der Waals surface area contributed by atoms with E-state index in [9.17, 15) is 19.5 Å². The van der Waals surface area contributed by atoms with E-state index >= 15 is 0 Å². The van der Waals surface area contributed by atoms with Crippen molar-refractivity contribution in [3.63, 3.8) is 0 Å². The van der Waals surface area contributed by atoms with E-state index in [2.05, 4.69) is 5.32 Å². The van der Waals surface area contributed by atoms with Crippen LogP contribution in [0.1, 0.15) is 27.0 Å². The average molecular weight is 606 g/mol. The predicted molar refractivity (Wildman–Crippen MR) is 164 cm³/mol. The van der Waals surface area contributed by atoms with Crippen molar-refractivity contribution in [1.82, 2.24) is 10.2 Å². The van der Waals surface area contributed by atoms with E-state index in [1.54, 1.807) is 36.4 Å². The maximum absolute atomic E-state index is 12.8. The second-order valence-electron chi connectivity index (χ2n) is 9.75. The van der Waals surface area contributed by atoms with Gasteiger partial charge in [0.2, 0.25) is 0 Å². The molecule has 7 nitrogen and oxygen atoms in total. The monoisotopic (exact) mass is 604 g/mol. The van der Waals surface area contributed by atoms with Gasteiger partial charge in [0.1, 0.15) is 6.04 Å². The van der Waals surface area contributed by atoms with Gasteiger partial charge in [0.15, 0.2) is 0 Å². The Morgan fingerprint density at radius 2 is 1.48 bits per heavy atom. The minimum absolute atomic E-state index is 0.120. The number of carbonyl (C=O) groups is 3. The lowest BCUT2D eigenvalue weighted by atomic mass is 9.96. The molecule has 0 bridgehead atoms. The highest BCUT2D eigenvalue weighted by atomic mass is 35.5. The van der Waals surface area contributed by atoms with Gasteiger partial charge in [0, 0.05) is 24.5 Å². The van der Waals surface area contributed by atoms with E-state index in [0.717, 1.165) is 27.8 Å². The smallest absolute Gasteiger partial charge is 0.328 e. The third-order valence-corrected chi connectivity index (χ3v) is 7.29. The summed E-state index contributed by atoms with van der Waals surface area (Å²) in [6, 6.07) is 28.6. The summed E-state index contributed by atoms with van der Waals surface area (Å²) in [4.78, 5) is 38.8. The van der Waals surface area contributed by atoms with Gasteiger partial charge in [0.25, 0.3) is 5.91 Å². The third-order valence-electron chi connectivity index (χ3n) is 6.70. The second kappa shape index (κ2) is 14.6. The van der Waals surface area contributed by atoms with Crippen molar-refractivity contribution in [2.75, 3.05) is 13.7 Å². The van der Waals surface area contributed by atoms with Crippen LogP contribution < -0.4 is 5.32 Å². The molecular formula is C33H30Cl2N2O5. The molecule has 0 unspecified atom stereocenters. The number of hydrogen-bond acceptors (Lipinski definition) is 5. The number of rotatable bonds is 12. The summed E-state index contributed by atoms with van der Waals surface area (Å²) < 4.78 is 4.93. The van der Waals surface area contributed by atoms with Gasteiger partial charge in [-0.3, -0.25) is 14.5 Å². The topological polar surface area (TPSA) is 95.9 Å². The normalized spacial score (nSPS) is 11.6. The van der Waals surface area contributed by atoms with Crippen LogP contribution in [0.4, 0.5) is 0 Å². The highest BCUT2D eigenvalue weighted by molar-refractivity contribution is 6.33. The largest absolute Gasteiger partial charge is 0.480 e. The van der Waals surface area contributed by atoms with Gasteiger partial charge in [0.05, 0.1) is 24.2 Å². The van der Waals surface area contributed by atoms with Crippen molar-refractivity contribution in [3.8, 4) is 11.1 Å². The van der Waals surface area contributed by atoms with Gasteiger partial charge in [-0.25, -0.2) is 4.79 Å². The standard InChI is InChI=1S/C33H30Cl2N2O5/c1-42-33(41)30(36-32(40)28-8-4-5-9-29(28)35)18-22-10-14-24(15-11-22)27-7-3-2-6-25(27)20-37(21-31(38)39)19-23-12-16-26(34)17-13-23/h2-17,30H,18-21H2,1H3,(H,36,40)(H,38,39)/t30-/m0/s1. The van der Waals surface area contributed by atoms with Crippen LogP contribution >= 0.6 is 23.2 Å². The van der Waals surface area contributed by atoms with E-state index in [1.807, 2.05) is 65.6 Å². The number of amides is 1. The Hall–Kier alpha value is -4.17. The first-order chi connectivity index (χ1) is 20.2. The summed E-state index contributed by atoms with van der Waals surface area (Å²) in [6.45, 7) is 0.752. The lowest BCUT2D eigenvalue weighted by Gasteiger charge is -2.22. The number of aliphatic carboxylic acids is 1. The molecule has 42 heavy (non-hydrogen) atoms. The number of carboxylic acid groups (broad SMARTS) is 1. The van der Waals surface area contributed by atoms with Gasteiger partial charge in [-0.2, -0.15) is 0 Å². The van der Waals surface area contributed by atoms with Crippen LogP contribution in [0.2, 0.25) is 10.0 Å². The minimum Gasteiger partial charge on any atom is -0.480 e. The number of nitrogens with one attached hydrogen (secondary N) is 1. The maximum Gasteiger partial charge on any atom is 0.328 e. The molecule has 4 aromatic rings. The molecule has 216 valence electrons. The van der Waals surface area contributed by atoms with Gasteiger partial charge in [-0.15, -0.1) is 0 Å². The number of benzene rings is 4. The number of methoxy groups -OCH3 is 1. The van der Waals surface area contributed by atoms with E-state index in [0.29, 0.717) is 18.1 Å². The van der Waals surface area contributed by atoms with E-state index in [4.69, 9.17) is 27.9 Å². The van der Waals surface area contributed by atoms with Crippen LogP contribution in [0.25, 0.3) is 11.1 Å². The molecule has 0 aliphatic heterocycles. The zero-order chi connectivity index (χ0) is 30.1. The number of esters is 1. The lowest BCUT2D eigenvalue weighted by molar-refractivity contribution is -0.143. The summed E-state index contributed by atoms with van der Waals surface area (Å²) in [5.41, 5.74) is 4.93. The first-order valence-electron chi connectivity index (χ1n) is 13.2. The quantitative estimate of drug-likeness (QED) is 0.185. The Bertz CT molecular complexity index is 1540. The molecule has 0 aromatic heterocycles. The summed E-state index contributed by atoms with van der Waals surface area (Å²) in [6.07, 6.45) is 0.221. The van der Waals surface area contributed by atoms with Crippen molar-refractivity contribution in [3.05, 3.63) is 129 Å². The van der Waals surface area contributed by atoms with Crippen LogP contribution in [0, 0.1) is 0 Å². The molecular weight excluding hydrogens is 575 g/mol. The van der Waals surface area contributed by atoms with Gasteiger partial charge < -0.3 is 15.2 Å². The Labute approximate surface area is 254 Å². The van der Waals surface area contributed by atoms with E-state index in [-0.39, 0.29) is 23.6 Å². The molecule has 4 aromatic carbocycles. The molecule has 0 radical (unpaired) electrons. The van der Waals surface area contributed by atoms with Crippen LogP contribution in [0.3, 0.4) is 0 Å². The number of carboxylic acids is 1. The van der Waals surface area contributed by atoms with Gasteiger partial charge >= 0.3 is 11.9 Å². The summed E-state index contributed by atoms with van der Waals surface area (Å²) >= 11 is 12.2. The Morgan fingerprint density at radius 3 is 2.14 bits per heavy atom. The zero-order valence-corrected chi connectivity index (χ0v) is 24.4. The SMILES string of the molecule is COC(=O)[C@H](Cc1ccc(-c2ccccc2CN(CC(=O)O)Cc2ccc(Cl)cc2)cc1)NC(=O)c1ccccc1Cl. The number of nitrogens with zero attached hydrogens (tertiary/aromatic N) is 1. The maximum atomic E-state index is 12.8. The van der Waals surface area contributed by atoms with Crippen molar-refractivity contribution >= 4 is 41.0 Å². The van der Waals surface area contributed by atoms with Crippen molar-refractivity contribution < 1.29 is 24.2 Å². The molecule has 0 fully saturated rings. The molecule has 0 aliphatic rings. The highest BCUT2D eigenvalue weighted by Crippen LogP contribution is 2.26. The van der Waals surface area contributed by atoms with Crippen molar-refractivity contribution in [2.45, 2.75) is 25.6 Å². The molecule has 0 spiro atoms. The molecule has 0 saturated heterocycles. The molecule has 1 amide bonds. The first-order valence-corrected chi connectivity index (χ1v) is 14.0. The molecule has 0 saturated carbocycles. The van der Waals surface area contributed by atoms with E-state index < -0.39 is 23.9 Å². The fourth-order valence-corrected chi connectivity index (χ4v) is 5.01. The van der Waals surface area contributed by atoms with Crippen LogP contribution in [0.15, 0.2) is 97.1 Å². The molecule has 2 N–H and O–H groups in total. The second-order valence-corrected chi connectivity index (χ2v) is 10.6. The number of hydrogen-bond donors (Lipinski definition) is 2. The first kappa shape index (κ1) is 30.8. The van der Waals surface area contributed by atoms with Crippen LogP contribution in [-0.4, -0.2) is 47.5 Å².